The van der Waals surface area contributed by atoms with Gasteiger partial charge in [-0.3, -0.25) is 0 Å². The highest BCUT2D eigenvalue weighted by Gasteiger charge is 2.60. The van der Waals surface area contributed by atoms with Crippen LogP contribution in [0.5, 0.6) is 0 Å². The first-order valence-electron chi connectivity index (χ1n) is 3.78. The largest absolute Gasteiger partial charge is 0.313 e. The molecule has 4 N–H and O–H groups in total. The Morgan fingerprint density at radius 2 is 1.20 bits per heavy atom. The molecule has 0 amide bonds. The van der Waals surface area contributed by atoms with E-state index in [2.05, 4.69) is 27.7 Å². The minimum absolute atomic E-state index is 0.108. The van der Waals surface area contributed by atoms with E-state index in [9.17, 15) is 0 Å². The van der Waals surface area contributed by atoms with E-state index in [-0.39, 0.29) is 10.8 Å². The van der Waals surface area contributed by atoms with Crippen LogP contribution in [-0.4, -0.2) is 5.66 Å². The molecule has 0 heterocycles. The van der Waals surface area contributed by atoms with Gasteiger partial charge in [-0.2, -0.15) is 0 Å². The summed E-state index contributed by atoms with van der Waals surface area (Å²) in [6.07, 6.45) is 1.12. The van der Waals surface area contributed by atoms with E-state index in [0.717, 1.165) is 6.42 Å². The Morgan fingerprint density at radius 1 is 0.900 bits per heavy atom. The van der Waals surface area contributed by atoms with Gasteiger partial charge in [0.15, 0.2) is 0 Å². The van der Waals surface area contributed by atoms with Gasteiger partial charge in [-0.15, -0.1) is 0 Å². The molecule has 0 spiro atoms. The quantitative estimate of drug-likeness (QED) is 0.497. The van der Waals surface area contributed by atoms with Crippen LogP contribution in [0.2, 0.25) is 0 Å². The van der Waals surface area contributed by atoms with Crippen molar-refractivity contribution < 1.29 is 0 Å². The standard InChI is InChI=1S/C8H18N2/c1-6(2)5-7(3,4)8(6,9)10/h5,9-10H2,1-4H3. The first kappa shape index (κ1) is 8.02. The summed E-state index contributed by atoms with van der Waals surface area (Å²) in [6.45, 7) is 8.49. The van der Waals surface area contributed by atoms with E-state index >= 15 is 0 Å². The summed E-state index contributed by atoms with van der Waals surface area (Å²) < 4.78 is 0. The molecule has 2 nitrogen and oxygen atoms in total. The smallest absolute Gasteiger partial charge is 0.0741 e. The van der Waals surface area contributed by atoms with Crippen molar-refractivity contribution in [3.63, 3.8) is 0 Å². The molecule has 0 aliphatic heterocycles. The maximum absolute atomic E-state index is 5.95. The molecular weight excluding hydrogens is 124 g/mol. The molecule has 10 heavy (non-hydrogen) atoms. The maximum atomic E-state index is 5.95. The van der Waals surface area contributed by atoms with Crippen LogP contribution in [0.25, 0.3) is 0 Å². The first-order valence-corrected chi connectivity index (χ1v) is 3.78. The van der Waals surface area contributed by atoms with E-state index in [4.69, 9.17) is 11.5 Å². The van der Waals surface area contributed by atoms with E-state index in [1.165, 1.54) is 0 Å². The minimum Gasteiger partial charge on any atom is -0.313 e. The SMILES string of the molecule is CC1(C)CC(C)(C)C1(N)N. The van der Waals surface area contributed by atoms with Crippen LogP contribution in [0.4, 0.5) is 0 Å². The fraction of sp³-hybridized carbons (Fsp3) is 1.00. The van der Waals surface area contributed by atoms with Crippen LogP contribution in [-0.2, 0) is 0 Å². The van der Waals surface area contributed by atoms with Crippen LogP contribution in [0, 0.1) is 10.8 Å². The molecule has 2 heteroatoms. The van der Waals surface area contributed by atoms with Crippen molar-refractivity contribution in [2.45, 2.75) is 39.8 Å². The lowest BCUT2D eigenvalue weighted by Gasteiger charge is -2.63. The molecule has 1 saturated carbocycles. The first-order chi connectivity index (χ1) is 4.21. The monoisotopic (exact) mass is 142 g/mol. The molecule has 0 atom stereocenters. The van der Waals surface area contributed by atoms with Gasteiger partial charge in [-0.25, -0.2) is 0 Å². The zero-order valence-corrected chi connectivity index (χ0v) is 7.36. The third-order valence-corrected chi connectivity index (χ3v) is 3.12. The maximum Gasteiger partial charge on any atom is 0.0741 e. The Hall–Kier alpha value is -0.0800. The fourth-order valence-corrected chi connectivity index (χ4v) is 2.21. The van der Waals surface area contributed by atoms with Crippen LogP contribution >= 0.6 is 0 Å². The third-order valence-electron chi connectivity index (χ3n) is 3.12. The van der Waals surface area contributed by atoms with Crippen LogP contribution < -0.4 is 11.5 Å². The number of hydrogen-bond donors (Lipinski definition) is 2. The van der Waals surface area contributed by atoms with Gasteiger partial charge in [0.05, 0.1) is 5.66 Å². The summed E-state index contributed by atoms with van der Waals surface area (Å²) in [5.41, 5.74) is 11.6. The van der Waals surface area contributed by atoms with Crippen molar-refractivity contribution >= 4 is 0 Å². The lowest BCUT2D eigenvalue weighted by Crippen LogP contribution is -2.77. The average Bonchev–Trinajstić information content (AvgIpc) is 1.61. The van der Waals surface area contributed by atoms with Gasteiger partial charge in [-0.1, -0.05) is 27.7 Å². The molecule has 0 saturated heterocycles. The van der Waals surface area contributed by atoms with Gasteiger partial charge in [0.2, 0.25) is 0 Å². The molecule has 0 aromatic carbocycles. The topological polar surface area (TPSA) is 52.0 Å². The van der Waals surface area contributed by atoms with Crippen molar-refractivity contribution in [3.05, 3.63) is 0 Å². The van der Waals surface area contributed by atoms with Gasteiger partial charge < -0.3 is 11.5 Å². The van der Waals surface area contributed by atoms with E-state index in [1.807, 2.05) is 0 Å². The van der Waals surface area contributed by atoms with Gasteiger partial charge in [-0.05, 0) is 17.3 Å². The Kier molecular flexibility index (Phi) is 1.25. The Morgan fingerprint density at radius 3 is 1.20 bits per heavy atom. The Balaban J connectivity index is 2.85. The molecule has 0 aromatic rings. The molecule has 0 aromatic heterocycles. The van der Waals surface area contributed by atoms with E-state index < -0.39 is 5.66 Å². The van der Waals surface area contributed by atoms with Gasteiger partial charge >= 0.3 is 0 Å². The second-order valence-corrected chi connectivity index (χ2v) is 4.81. The predicted octanol–water partition coefficient (Wildman–Crippen LogP) is 1.06. The van der Waals surface area contributed by atoms with E-state index in [0.29, 0.717) is 0 Å². The van der Waals surface area contributed by atoms with Crippen molar-refractivity contribution in [2.24, 2.45) is 22.3 Å². The third kappa shape index (κ3) is 0.663. The van der Waals surface area contributed by atoms with Gasteiger partial charge in [0, 0.05) is 0 Å². The number of rotatable bonds is 0. The van der Waals surface area contributed by atoms with Crippen molar-refractivity contribution in [3.8, 4) is 0 Å². The summed E-state index contributed by atoms with van der Waals surface area (Å²) in [4.78, 5) is 0. The fourth-order valence-electron chi connectivity index (χ4n) is 2.21. The van der Waals surface area contributed by atoms with Crippen molar-refractivity contribution in [2.75, 3.05) is 0 Å². The highest BCUT2D eigenvalue weighted by molar-refractivity contribution is 5.13. The molecule has 60 valence electrons. The Bertz CT molecular complexity index is 141. The van der Waals surface area contributed by atoms with Crippen LogP contribution in [0.3, 0.4) is 0 Å². The summed E-state index contributed by atoms with van der Waals surface area (Å²) in [6, 6.07) is 0. The normalized spacial score (nSPS) is 33.0. The predicted molar refractivity (Wildman–Crippen MR) is 43.3 cm³/mol. The molecule has 0 unspecified atom stereocenters. The lowest BCUT2D eigenvalue weighted by molar-refractivity contribution is -0.103. The second-order valence-electron chi connectivity index (χ2n) is 4.81. The minimum atomic E-state index is -0.486. The molecule has 1 rings (SSSR count). The van der Waals surface area contributed by atoms with Crippen LogP contribution in [0.15, 0.2) is 0 Å². The lowest BCUT2D eigenvalue weighted by atomic mass is 9.48. The summed E-state index contributed by atoms with van der Waals surface area (Å²) >= 11 is 0. The number of nitrogens with two attached hydrogens (primary N) is 2. The average molecular weight is 142 g/mol. The summed E-state index contributed by atoms with van der Waals surface area (Å²) in [7, 11) is 0. The molecular formula is C8H18N2. The van der Waals surface area contributed by atoms with Crippen LogP contribution in [0.1, 0.15) is 34.1 Å². The molecule has 0 radical (unpaired) electrons. The Labute approximate surface area is 63.0 Å². The highest BCUT2D eigenvalue weighted by atomic mass is 15.1. The zero-order chi connectivity index (χ0) is 8.21. The van der Waals surface area contributed by atoms with Gasteiger partial charge in [0.1, 0.15) is 0 Å². The molecule has 1 aliphatic carbocycles. The van der Waals surface area contributed by atoms with Crippen molar-refractivity contribution in [1.82, 2.24) is 0 Å². The van der Waals surface area contributed by atoms with Crippen molar-refractivity contribution in [1.29, 1.82) is 0 Å². The molecule has 0 bridgehead atoms. The van der Waals surface area contributed by atoms with Gasteiger partial charge in [0.25, 0.3) is 0 Å². The number of hydrogen-bond acceptors (Lipinski definition) is 2. The van der Waals surface area contributed by atoms with E-state index in [1.54, 1.807) is 0 Å². The summed E-state index contributed by atoms with van der Waals surface area (Å²) in [5, 5.41) is 0. The highest BCUT2D eigenvalue weighted by Crippen LogP contribution is 2.57. The second kappa shape index (κ2) is 1.56. The zero-order valence-electron chi connectivity index (χ0n) is 7.36. The summed E-state index contributed by atoms with van der Waals surface area (Å²) in [5.74, 6) is 0. The molecule has 1 aliphatic rings. The molecule has 1 fully saturated rings.